The Morgan fingerprint density at radius 3 is 1.04 bits per heavy atom. The summed E-state index contributed by atoms with van der Waals surface area (Å²) in [5, 5.41) is 4.89. The van der Waals surface area contributed by atoms with Gasteiger partial charge in [-0.25, -0.2) is 0 Å². The van der Waals surface area contributed by atoms with E-state index in [1.165, 1.54) is 135 Å². The highest BCUT2D eigenvalue weighted by atomic mass is 14.1. The Labute approximate surface area is 291 Å². The molecule has 0 unspecified atom stereocenters. The van der Waals surface area contributed by atoms with Crippen LogP contribution in [0.25, 0.3) is 21.5 Å². The van der Waals surface area contributed by atoms with Gasteiger partial charge in [-0.05, 0) is 119 Å². The smallest absolute Gasteiger partial charge is 0.0255 e. The molecule has 5 rings (SSSR count). The molecule has 5 aromatic carbocycles. The van der Waals surface area contributed by atoms with Crippen LogP contribution in [-0.4, -0.2) is 0 Å². The summed E-state index contributed by atoms with van der Waals surface area (Å²) in [4.78, 5) is 0. The summed E-state index contributed by atoms with van der Waals surface area (Å²) in [5.41, 5.74) is 7.08. The minimum absolute atomic E-state index is 1.05. The third kappa shape index (κ3) is 11.5. The number of fused-ring (bicyclic) bond motifs is 2. The molecule has 0 saturated carbocycles. The molecule has 0 heterocycles. The molecule has 0 radical (unpaired) electrons. The van der Waals surface area contributed by atoms with Crippen LogP contribution < -0.4 is 0 Å². The van der Waals surface area contributed by atoms with Gasteiger partial charge in [-0.3, -0.25) is 0 Å². The molecular formula is C48H54. The minimum atomic E-state index is 1.05. The highest BCUT2D eigenvalue weighted by Gasteiger charge is 2.02. The van der Waals surface area contributed by atoms with Crippen LogP contribution in [0.3, 0.4) is 0 Å². The van der Waals surface area contributed by atoms with E-state index in [1.807, 2.05) is 0 Å². The van der Waals surface area contributed by atoms with Crippen LogP contribution in [-0.2, 0) is 12.8 Å². The number of hydrogen-bond acceptors (Lipinski definition) is 0. The van der Waals surface area contributed by atoms with Crippen molar-refractivity contribution in [1.82, 2.24) is 0 Å². The molecule has 48 heavy (non-hydrogen) atoms. The van der Waals surface area contributed by atoms with E-state index in [9.17, 15) is 0 Å². The average molecular weight is 631 g/mol. The first-order valence-corrected chi connectivity index (χ1v) is 18.9. The molecule has 246 valence electrons. The molecular weight excluding hydrogens is 577 g/mol. The standard InChI is InChI=1S/C48H54/c1-3-5-7-9-11-13-15-17-39-19-23-41(24-20-39)27-29-43-31-33-45-38-48-36-44(32-34-46(48)37-47(45)35-43)30-28-42-25-21-40(22-26-42)18-16-14-12-10-8-6-4-2/h19-26,31-38H,3-18H2,1-2H3. The second-order valence-electron chi connectivity index (χ2n) is 13.6. The molecule has 0 bridgehead atoms. The van der Waals surface area contributed by atoms with Gasteiger partial charge in [0.1, 0.15) is 0 Å². The normalized spacial score (nSPS) is 10.9. The highest BCUT2D eigenvalue weighted by molar-refractivity contribution is 5.99. The lowest BCUT2D eigenvalue weighted by atomic mass is 10.00. The van der Waals surface area contributed by atoms with Gasteiger partial charge in [0.2, 0.25) is 0 Å². The van der Waals surface area contributed by atoms with Crippen molar-refractivity contribution >= 4 is 21.5 Å². The van der Waals surface area contributed by atoms with Gasteiger partial charge in [-0.15, -0.1) is 0 Å². The van der Waals surface area contributed by atoms with Crippen molar-refractivity contribution < 1.29 is 0 Å². The molecule has 0 aromatic heterocycles. The molecule has 0 saturated heterocycles. The molecule has 0 aliphatic heterocycles. The lowest BCUT2D eigenvalue weighted by molar-refractivity contribution is 0.589. The number of hydrogen-bond donors (Lipinski definition) is 0. The van der Waals surface area contributed by atoms with Gasteiger partial charge in [0.25, 0.3) is 0 Å². The maximum absolute atomic E-state index is 3.39. The first-order valence-electron chi connectivity index (χ1n) is 18.9. The third-order valence-electron chi connectivity index (χ3n) is 9.54. The number of rotatable bonds is 16. The topological polar surface area (TPSA) is 0 Å². The van der Waals surface area contributed by atoms with E-state index >= 15 is 0 Å². The van der Waals surface area contributed by atoms with Crippen molar-refractivity contribution in [2.75, 3.05) is 0 Å². The molecule has 0 fully saturated rings. The molecule has 0 heteroatoms. The lowest BCUT2D eigenvalue weighted by Gasteiger charge is -2.04. The predicted octanol–water partition coefficient (Wildman–Crippen LogP) is 13.4. The van der Waals surface area contributed by atoms with Crippen LogP contribution in [0.5, 0.6) is 0 Å². The van der Waals surface area contributed by atoms with Gasteiger partial charge < -0.3 is 0 Å². The SMILES string of the molecule is CCCCCCCCCc1ccc(C#Cc2ccc3cc4cc(C#Cc5ccc(CCCCCCCCC)cc5)ccc4cc3c2)cc1. The van der Waals surface area contributed by atoms with E-state index in [0.717, 1.165) is 22.3 Å². The van der Waals surface area contributed by atoms with Crippen molar-refractivity contribution in [2.24, 2.45) is 0 Å². The molecule has 5 aromatic rings. The van der Waals surface area contributed by atoms with Crippen molar-refractivity contribution in [3.63, 3.8) is 0 Å². The predicted molar refractivity (Wildman–Crippen MR) is 210 cm³/mol. The van der Waals surface area contributed by atoms with Gasteiger partial charge >= 0.3 is 0 Å². The fourth-order valence-electron chi connectivity index (χ4n) is 6.52. The number of aryl methyl sites for hydroxylation is 2. The second kappa shape index (κ2) is 19.5. The summed E-state index contributed by atoms with van der Waals surface area (Å²) < 4.78 is 0. The average Bonchev–Trinajstić information content (AvgIpc) is 3.12. The molecule has 0 aliphatic rings. The summed E-state index contributed by atoms with van der Waals surface area (Å²) in [7, 11) is 0. The van der Waals surface area contributed by atoms with Crippen LogP contribution in [0, 0.1) is 23.7 Å². The van der Waals surface area contributed by atoms with Crippen molar-refractivity contribution in [3.8, 4) is 23.7 Å². The Balaban J connectivity index is 1.14. The zero-order valence-electron chi connectivity index (χ0n) is 29.6. The summed E-state index contributed by atoms with van der Waals surface area (Å²) in [6, 6.07) is 35.3. The summed E-state index contributed by atoms with van der Waals surface area (Å²) in [6.45, 7) is 4.56. The zero-order chi connectivity index (χ0) is 33.2. The monoisotopic (exact) mass is 630 g/mol. The largest absolute Gasteiger partial charge is 0.0654 e. The Kier molecular flexibility index (Phi) is 14.3. The lowest BCUT2D eigenvalue weighted by Crippen LogP contribution is -1.87. The van der Waals surface area contributed by atoms with Crippen molar-refractivity contribution in [2.45, 2.75) is 117 Å². The van der Waals surface area contributed by atoms with Gasteiger partial charge in [0.15, 0.2) is 0 Å². The van der Waals surface area contributed by atoms with Crippen molar-refractivity contribution in [3.05, 3.63) is 130 Å². The van der Waals surface area contributed by atoms with Gasteiger partial charge in [0.05, 0.1) is 0 Å². The molecule has 0 spiro atoms. The summed E-state index contributed by atoms with van der Waals surface area (Å²) in [6.07, 6.45) is 21.3. The third-order valence-corrected chi connectivity index (χ3v) is 9.54. The van der Waals surface area contributed by atoms with Crippen LogP contribution in [0.4, 0.5) is 0 Å². The van der Waals surface area contributed by atoms with E-state index in [0.29, 0.717) is 0 Å². The number of unbranched alkanes of at least 4 members (excludes halogenated alkanes) is 12. The van der Waals surface area contributed by atoms with Gasteiger partial charge in [-0.2, -0.15) is 0 Å². The molecule has 0 N–H and O–H groups in total. The van der Waals surface area contributed by atoms with Crippen LogP contribution in [0.15, 0.2) is 97.1 Å². The summed E-state index contributed by atoms with van der Waals surface area (Å²) in [5.74, 6) is 13.5. The fourth-order valence-corrected chi connectivity index (χ4v) is 6.52. The fraction of sp³-hybridized carbons (Fsp3) is 0.375. The van der Waals surface area contributed by atoms with E-state index in [2.05, 4.69) is 135 Å². The molecule has 0 amide bonds. The molecule has 0 aliphatic carbocycles. The van der Waals surface area contributed by atoms with Gasteiger partial charge in [0, 0.05) is 22.3 Å². The van der Waals surface area contributed by atoms with E-state index in [1.54, 1.807) is 0 Å². The van der Waals surface area contributed by atoms with Crippen LogP contribution >= 0.6 is 0 Å². The Hall–Kier alpha value is -4.26. The molecule has 0 nitrogen and oxygen atoms in total. The first-order chi connectivity index (χ1) is 23.7. The maximum Gasteiger partial charge on any atom is 0.0255 e. The molecule has 0 atom stereocenters. The van der Waals surface area contributed by atoms with Crippen LogP contribution in [0.1, 0.15) is 137 Å². The highest BCUT2D eigenvalue weighted by Crippen LogP contribution is 2.25. The first kappa shape index (κ1) is 35.1. The quantitative estimate of drug-likeness (QED) is 0.0578. The Morgan fingerprint density at radius 2 is 0.646 bits per heavy atom. The van der Waals surface area contributed by atoms with Crippen molar-refractivity contribution in [1.29, 1.82) is 0 Å². The zero-order valence-corrected chi connectivity index (χ0v) is 29.6. The maximum atomic E-state index is 3.39. The van der Waals surface area contributed by atoms with E-state index in [4.69, 9.17) is 0 Å². The van der Waals surface area contributed by atoms with Gasteiger partial charge in [-0.1, -0.05) is 151 Å². The van der Waals surface area contributed by atoms with Crippen LogP contribution in [0.2, 0.25) is 0 Å². The summed E-state index contributed by atoms with van der Waals surface area (Å²) >= 11 is 0. The van der Waals surface area contributed by atoms with E-state index in [-0.39, 0.29) is 0 Å². The Bertz CT molecular complexity index is 1690. The second-order valence-corrected chi connectivity index (χ2v) is 13.6. The Morgan fingerprint density at radius 1 is 0.312 bits per heavy atom. The van der Waals surface area contributed by atoms with E-state index < -0.39 is 0 Å². The number of benzene rings is 5. The minimum Gasteiger partial charge on any atom is -0.0654 e.